The highest BCUT2D eigenvalue weighted by atomic mass is 16.2. The molecule has 0 aromatic carbocycles. The van der Waals surface area contributed by atoms with E-state index in [0.717, 1.165) is 51.9 Å². The Hall–Kier alpha value is -0.610. The molecule has 2 rings (SSSR count). The summed E-state index contributed by atoms with van der Waals surface area (Å²) in [6.07, 6.45) is 5.50. The molecule has 2 aliphatic rings. The van der Waals surface area contributed by atoms with Gasteiger partial charge < -0.3 is 15.1 Å². The second kappa shape index (κ2) is 6.23. The van der Waals surface area contributed by atoms with E-state index in [0.29, 0.717) is 11.9 Å². The van der Waals surface area contributed by atoms with E-state index in [2.05, 4.69) is 36.1 Å². The van der Waals surface area contributed by atoms with E-state index in [4.69, 9.17) is 0 Å². The maximum absolute atomic E-state index is 12.9. The molecule has 4 heteroatoms. The van der Waals surface area contributed by atoms with Crippen LogP contribution in [0.5, 0.6) is 0 Å². The Balaban J connectivity index is 2.05. The lowest BCUT2D eigenvalue weighted by Crippen LogP contribution is -2.52. The SMILES string of the molecule is CCCC1(C(=O)N2CCCC(N(C)C)C2)CCNC1. The van der Waals surface area contributed by atoms with Crippen molar-refractivity contribution < 1.29 is 4.79 Å². The van der Waals surface area contributed by atoms with Crippen LogP contribution in [0, 0.1) is 5.41 Å². The molecule has 2 unspecified atom stereocenters. The molecule has 1 N–H and O–H groups in total. The number of carbonyl (C=O) groups excluding carboxylic acids is 1. The predicted octanol–water partition coefficient (Wildman–Crippen LogP) is 1.32. The van der Waals surface area contributed by atoms with Crippen LogP contribution < -0.4 is 5.32 Å². The Labute approximate surface area is 117 Å². The van der Waals surface area contributed by atoms with Crippen molar-refractivity contribution >= 4 is 5.91 Å². The molecule has 0 aliphatic carbocycles. The lowest BCUT2D eigenvalue weighted by atomic mass is 9.80. The van der Waals surface area contributed by atoms with Gasteiger partial charge in [0.1, 0.15) is 0 Å². The standard InChI is InChI=1S/C15H29N3O/c1-4-7-15(8-9-16-12-15)14(19)18-10-5-6-13(11-18)17(2)3/h13,16H,4-12H2,1-3H3. The van der Waals surface area contributed by atoms with Gasteiger partial charge in [0.2, 0.25) is 5.91 Å². The van der Waals surface area contributed by atoms with Gasteiger partial charge in [-0.05, 0) is 46.3 Å². The van der Waals surface area contributed by atoms with Crippen molar-refractivity contribution in [2.45, 2.75) is 45.1 Å². The zero-order valence-corrected chi connectivity index (χ0v) is 12.7. The van der Waals surface area contributed by atoms with Crippen LogP contribution in [0.15, 0.2) is 0 Å². The molecule has 4 nitrogen and oxygen atoms in total. The average Bonchev–Trinajstić information content (AvgIpc) is 2.88. The maximum atomic E-state index is 12.9. The second-order valence-electron chi connectivity index (χ2n) is 6.47. The lowest BCUT2D eigenvalue weighted by molar-refractivity contribution is -0.143. The van der Waals surface area contributed by atoms with Gasteiger partial charge in [0.15, 0.2) is 0 Å². The molecule has 0 spiro atoms. The number of piperidine rings is 1. The summed E-state index contributed by atoms with van der Waals surface area (Å²) in [5.41, 5.74) is -0.108. The fourth-order valence-electron chi connectivity index (χ4n) is 3.62. The summed E-state index contributed by atoms with van der Waals surface area (Å²) in [6, 6.07) is 0.533. The minimum atomic E-state index is -0.108. The largest absolute Gasteiger partial charge is 0.341 e. The van der Waals surface area contributed by atoms with E-state index in [-0.39, 0.29) is 5.41 Å². The third-order valence-electron chi connectivity index (χ3n) is 4.84. The van der Waals surface area contributed by atoms with E-state index in [1.54, 1.807) is 0 Å². The smallest absolute Gasteiger partial charge is 0.230 e. The van der Waals surface area contributed by atoms with Crippen LogP contribution in [0.2, 0.25) is 0 Å². The van der Waals surface area contributed by atoms with Crippen molar-refractivity contribution in [1.82, 2.24) is 15.1 Å². The number of nitrogens with one attached hydrogen (secondary N) is 1. The predicted molar refractivity (Wildman–Crippen MR) is 78.1 cm³/mol. The van der Waals surface area contributed by atoms with Gasteiger partial charge in [-0.25, -0.2) is 0 Å². The molecular formula is C15H29N3O. The third kappa shape index (κ3) is 3.11. The first-order chi connectivity index (χ1) is 9.09. The number of likely N-dealkylation sites (N-methyl/N-ethyl adjacent to an activating group) is 1. The fourth-order valence-corrected chi connectivity index (χ4v) is 3.62. The number of rotatable bonds is 4. The van der Waals surface area contributed by atoms with Gasteiger partial charge in [-0.3, -0.25) is 4.79 Å². The van der Waals surface area contributed by atoms with Crippen LogP contribution in [0.4, 0.5) is 0 Å². The Morgan fingerprint density at radius 1 is 1.47 bits per heavy atom. The van der Waals surface area contributed by atoms with Crippen molar-refractivity contribution in [2.75, 3.05) is 40.3 Å². The van der Waals surface area contributed by atoms with E-state index >= 15 is 0 Å². The van der Waals surface area contributed by atoms with E-state index in [1.807, 2.05) is 0 Å². The van der Waals surface area contributed by atoms with E-state index in [1.165, 1.54) is 6.42 Å². The molecule has 2 fully saturated rings. The number of amides is 1. The first-order valence-corrected chi connectivity index (χ1v) is 7.75. The molecular weight excluding hydrogens is 238 g/mol. The molecule has 2 heterocycles. The van der Waals surface area contributed by atoms with Crippen molar-refractivity contribution in [3.63, 3.8) is 0 Å². The van der Waals surface area contributed by atoms with Crippen LogP contribution in [0.25, 0.3) is 0 Å². The fraction of sp³-hybridized carbons (Fsp3) is 0.933. The first-order valence-electron chi connectivity index (χ1n) is 7.75. The minimum Gasteiger partial charge on any atom is -0.341 e. The van der Waals surface area contributed by atoms with Gasteiger partial charge in [0.05, 0.1) is 5.41 Å². The topological polar surface area (TPSA) is 35.6 Å². The van der Waals surface area contributed by atoms with Crippen molar-refractivity contribution in [2.24, 2.45) is 5.41 Å². The van der Waals surface area contributed by atoms with Crippen LogP contribution in [-0.4, -0.2) is 62.0 Å². The Morgan fingerprint density at radius 2 is 2.26 bits per heavy atom. The summed E-state index contributed by atoms with van der Waals surface area (Å²) in [6.45, 7) is 5.93. The summed E-state index contributed by atoms with van der Waals surface area (Å²) in [5.74, 6) is 0.408. The van der Waals surface area contributed by atoms with E-state index in [9.17, 15) is 4.79 Å². The normalized spacial score (nSPS) is 32.0. The summed E-state index contributed by atoms with van der Waals surface area (Å²) in [5, 5.41) is 3.39. The first kappa shape index (κ1) is 14.8. The Kier molecular flexibility index (Phi) is 4.85. The van der Waals surface area contributed by atoms with Gasteiger partial charge in [-0.15, -0.1) is 0 Å². The molecule has 0 bridgehead atoms. The Bertz CT molecular complexity index is 311. The zero-order chi connectivity index (χ0) is 13.9. The summed E-state index contributed by atoms with van der Waals surface area (Å²) in [4.78, 5) is 17.3. The van der Waals surface area contributed by atoms with Crippen LogP contribution in [-0.2, 0) is 4.79 Å². The van der Waals surface area contributed by atoms with Gasteiger partial charge in [-0.1, -0.05) is 13.3 Å². The molecule has 2 saturated heterocycles. The highest BCUT2D eigenvalue weighted by Gasteiger charge is 2.43. The zero-order valence-electron chi connectivity index (χ0n) is 12.7. The monoisotopic (exact) mass is 267 g/mol. The average molecular weight is 267 g/mol. The van der Waals surface area contributed by atoms with Crippen molar-refractivity contribution in [3.8, 4) is 0 Å². The summed E-state index contributed by atoms with van der Waals surface area (Å²) < 4.78 is 0. The van der Waals surface area contributed by atoms with Gasteiger partial charge in [0, 0.05) is 25.7 Å². The van der Waals surface area contributed by atoms with Gasteiger partial charge in [-0.2, -0.15) is 0 Å². The van der Waals surface area contributed by atoms with Crippen molar-refractivity contribution in [1.29, 1.82) is 0 Å². The molecule has 0 aromatic rings. The van der Waals surface area contributed by atoms with Crippen LogP contribution in [0.1, 0.15) is 39.0 Å². The molecule has 2 atom stereocenters. The van der Waals surface area contributed by atoms with Gasteiger partial charge in [0.25, 0.3) is 0 Å². The summed E-state index contributed by atoms with van der Waals surface area (Å²) in [7, 11) is 4.25. The van der Waals surface area contributed by atoms with Crippen molar-refractivity contribution in [3.05, 3.63) is 0 Å². The van der Waals surface area contributed by atoms with E-state index < -0.39 is 0 Å². The highest BCUT2D eigenvalue weighted by Crippen LogP contribution is 2.34. The van der Waals surface area contributed by atoms with Crippen LogP contribution >= 0.6 is 0 Å². The number of nitrogens with zero attached hydrogens (tertiary/aromatic N) is 2. The number of likely N-dealkylation sites (tertiary alicyclic amines) is 1. The number of hydrogen-bond donors (Lipinski definition) is 1. The highest BCUT2D eigenvalue weighted by molar-refractivity contribution is 5.83. The Morgan fingerprint density at radius 3 is 2.84 bits per heavy atom. The molecule has 2 aliphatic heterocycles. The third-order valence-corrected chi connectivity index (χ3v) is 4.84. The second-order valence-corrected chi connectivity index (χ2v) is 6.47. The molecule has 0 radical (unpaired) electrons. The molecule has 0 saturated carbocycles. The number of hydrogen-bond acceptors (Lipinski definition) is 3. The van der Waals surface area contributed by atoms with Gasteiger partial charge >= 0.3 is 0 Å². The molecule has 1 amide bonds. The quantitative estimate of drug-likeness (QED) is 0.834. The summed E-state index contributed by atoms with van der Waals surface area (Å²) >= 11 is 0. The number of carbonyl (C=O) groups is 1. The maximum Gasteiger partial charge on any atom is 0.230 e. The molecule has 110 valence electrons. The molecule has 0 aromatic heterocycles. The minimum absolute atomic E-state index is 0.108. The van der Waals surface area contributed by atoms with Crippen LogP contribution in [0.3, 0.4) is 0 Å². The lowest BCUT2D eigenvalue weighted by Gasteiger charge is -2.40. The molecule has 19 heavy (non-hydrogen) atoms.